The van der Waals surface area contributed by atoms with Crippen LogP contribution in [0.5, 0.6) is 5.75 Å². The Morgan fingerprint density at radius 2 is 1.88 bits per heavy atom. The minimum Gasteiger partial charge on any atom is -0.491 e. The number of allylic oxidation sites excluding steroid dienone is 2. The molecule has 4 nitrogen and oxygen atoms in total. The van der Waals surface area contributed by atoms with Crippen LogP contribution in [0, 0.1) is 5.82 Å². The number of rotatable bonds is 4. The van der Waals surface area contributed by atoms with Crippen molar-refractivity contribution < 1.29 is 27.1 Å². The average molecular weight is 479 g/mol. The van der Waals surface area contributed by atoms with Gasteiger partial charge in [-0.2, -0.15) is 13.2 Å². The predicted molar refractivity (Wildman–Crippen MR) is 121 cm³/mol. The van der Waals surface area contributed by atoms with E-state index in [0.717, 1.165) is 6.07 Å². The van der Waals surface area contributed by atoms with Crippen molar-refractivity contribution >= 4 is 5.78 Å². The highest BCUT2D eigenvalue weighted by Gasteiger charge is 2.47. The zero-order chi connectivity index (χ0) is 24.9. The molecule has 0 bridgehead atoms. The third kappa shape index (κ3) is 4.65. The minimum absolute atomic E-state index is 0.0297. The van der Waals surface area contributed by atoms with E-state index in [1.807, 2.05) is 27.7 Å². The Morgan fingerprint density at radius 1 is 1.15 bits per heavy atom. The molecular weight excluding hydrogens is 448 g/mol. The first-order valence-electron chi connectivity index (χ1n) is 11.6. The Morgan fingerprint density at radius 3 is 2.53 bits per heavy atom. The highest BCUT2D eigenvalue weighted by molar-refractivity contribution is 6.08. The fraction of sp³-hybridized carbons (Fsp3) is 0.500. The topological polar surface area (TPSA) is 43.3 Å². The molecule has 0 saturated heterocycles. The van der Waals surface area contributed by atoms with Crippen molar-refractivity contribution in [1.29, 1.82) is 0 Å². The van der Waals surface area contributed by atoms with Gasteiger partial charge in [0.1, 0.15) is 17.3 Å². The van der Waals surface area contributed by atoms with Crippen LogP contribution in [0.1, 0.15) is 75.1 Å². The zero-order valence-corrected chi connectivity index (χ0v) is 19.9. The number of Topliss-reactive ketones (excluding diaryl/α,β-unsaturated/α-hetero) is 1. The highest BCUT2D eigenvalue weighted by atomic mass is 19.4. The number of hydrogen-bond donors (Lipinski definition) is 1. The number of benzene rings is 1. The molecule has 1 aliphatic carbocycles. The summed E-state index contributed by atoms with van der Waals surface area (Å²) in [6.07, 6.45) is -0.962. The molecule has 2 aliphatic rings. The number of fused-ring (bicyclic) bond motifs is 2. The number of alkyl halides is 3. The van der Waals surface area contributed by atoms with E-state index in [0.29, 0.717) is 42.7 Å². The van der Waals surface area contributed by atoms with Crippen LogP contribution in [0.2, 0.25) is 0 Å². The predicted octanol–water partition coefficient (Wildman–Crippen LogP) is 6.39. The molecule has 8 heteroatoms. The van der Waals surface area contributed by atoms with Gasteiger partial charge in [-0.1, -0.05) is 6.08 Å². The van der Waals surface area contributed by atoms with Crippen LogP contribution in [0.25, 0.3) is 0 Å². The second-order valence-electron chi connectivity index (χ2n) is 10.2. The lowest BCUT2D eigenvalue weighted by Gasteiger charge is -2.48. The lowest BCUT2D eigenvalue weighted by Crippen LogP contribution is -2.60. The Kier molecular flexibility index (Phi) is 6.17. The molecule has 0 fully saturated rings. The van der Waals surface area contributed by atoms with Gasteiger partial charge in [-0.3, -0.25) is 10.1 Å². The van der Waals surface area contributed by atoms with Gasteiger partial charge >= 0.3 is 6.18 Å². The second-order valence-corrected chi connectivity index (χ2v) is 10.2. The molecule has 4 rings (SSSR count). The highest BCUT2D eigenvalue weighted by Crippen LogP contribution is 2.44. The van der Waals surface area contributed by atoms with Gasteiger partial charge < -0.3 is 9.30 Å². The van der Waals surface area contributed by atoms with Crippen molar-refractivity contribution in [2.75, 3.05) is 0 Å². The van der Waals surface area contributed by atoms with Gasteiger partial charge in [0, 0.05) is 23.8 Å². The van der Waals surface area contributed by atoms with Gasteiger partial charge in [-0.15, -0.1) is 0 Å². The van der Waals surface area contributed by atoms with Gasteiger partial charge in [0.15, 0.2) is 5.78 Å². The van der Waals surface area contributed by atoms with E-state index >= 15 is 0 Å². The fourth-order valence-electron chi connectivity index (χ4n) is 5.30. The molecule has 184 valence electrons. The lowest BCUT2D eigenvalue weighted by atomic mass is 9.80. The number of carbonyl (C=O) groups excluding carboxylic acids is 1. The Bertz CT molecular complexity index is 1130. The minimum atomic E-state index is -4.44. The molecule has 1 aliphatic heterocycles. The van der Waals surface area contributed by atoms with E-state index in [1.54, 1.807) is 18.2 Å². The van der Waals surface area contributed by atoms with Crippen LogP contribution in [-0.2, 0) is 18.3 Å². The van der Waals surface area contributed by atoms with E-state index in [9.17, 15) is 22.4 Å². The summed E-state index contributed by atoms with van der Waals surface area (Å²) in [5.74, 6) is -0.691. The third-order valence-corrected chi connectivity index (χ3v) is 6.52. The summed E-state index contributed by atoms with van der Waals surface area (Å²) in [4.78, 5) is 13.2. The first-order chi connectivity index (χ1) is 15.8. The molecule has 0 radical (unpaired) electrons. The van der Waals surface area contributed by atoms with Gasteiger partial charge in [0.2, 0.25) is 0 Å². The summed E-state index contributed by atoms with van der Waals surface area (Å²) in [7, 11) is 0. The first kappa shape index (κ1) is 24.5. The Labute approximate surface area is 197 Å². The van der Waals surface area contributed by atoms with Crippen molar-refractivity contribution in [2.24, 2.45) is 0 Å². The maximum Gasteiger partial charge on any atom is 0.431 e. The van der Waals surface area contributed by atoms with Gasteiger partial charge in [0.05, 0.1) is 17.2 Å². The quantitative estimate of drug-likeness (QED) is 0.409. The third-order valence-electron chi connectivity index (χ3n) is 6.52. The lowest BCUT2D eigenvalue weighted by molar-refractivity contribution is -0.144. The fourth-order valence-corrected chi connectivity index (χ4v) is 5.30. The summed E-state index contributed by atoms with van der Waals surface area (Å²) in [5, 5.41) is 3.58. The molecule has 1 spiro atoms. The normalized spacial score (nSPS) is 22.3. The van der Waals surface area contributed by atoms with Crippen LogP contribution in [0.3, 0.4) is 0 Å². The van der Waals surface area contributed by atoms with Crippen LogP contribution in [0.15, 0.2) is 42.0 Å². The van der Waals surface area contributed by atoms with Crippen LogP contribution in [0.4, 0.5) is 17.6 Å². The molecule has 34 heavy (non-hydrogen) atoms. The number of halogens is 4. The number of hydrogen-bond acceptors (Lipinski definition) is 3. The molecule has 1 N–H and O–H groups in total. The maximum absolute atomic E-state index is 14.7. The molecule has 2 aromatic rings. The smallest absolute Gasteiger partial charge is 0.431 e. The number of aromatic nitrogens is 1. The number of ketones is 1. The summed E-state index contributed by atoms with van der Waals surface area (Å²) in [5.41, 5.74) is -0.903. The Hall–Kier alpha value is -2.61. The second kappa shape index (κ2) is 8.56. The van der Waals surface area contributed by atoms with E-state index in [1.165, 1.54) is 16.7 Å². The molecule has 2 heterocycles. The van der Waals surface area contributed by atoms with Crippen molar-refractivity contribution in [3.63, 3.8) is 0 Å². The monoisotopic (exact) mass is 478 g/mol. The van der Waals surface area contributed by atoms with Crippen molar-refractivity contribution in [1.82, 2.24) is 9.88 Å². The maximum atomic E-state index is 14.7. The number of nitrogens with zero attached hydrogens (tertiary/aromatic N) is 1. The van der Waals surface area contributed by atoms with Crippen molar-refractivity contribution in [3.05, 3.63) is 64.7 Å². The number of carbonyl (C=O) groups is 1. The van der Waals surface area contributed by atoms with Gasteiger partial charge in [-0.05, 0) is 83.2 Å². The summed E-state index contributed by atoms with van der Waals surface area (Å²) in [6.45, 7) is 7.63. The van der Waals surface area contributed by atoms with Crippen molar-refractivity contribution in [2.45, 2.75) is 83.3 Å². The van der Waals surface area contributed by atoms with Gasteiger partial charge in [0.25, 0.3) is 0 Å². The summed E-state index contributed by atoms with van der Waals surface area (Å²) >= 11 is 0. The molecule has 1 atom stereocenters. The van der Waals surface area contributed by atoms with Crippen LogP contribution >= 0.6 is 0 Å². The van der Waals surface area contributed by atoms with Gasteiger partial charge in [-0.25, -0.2) is 4.39 Å². The number of nitrogens with one attached hydrogen (secondary N) is 1. The first-order valence-corrected chi connectivity index (χ1v) is 11.6. The SMILES string of the molecule is CC(C)Oc1ccc(C(=O)C2=CCCC3(CC2)NC(C)(C)Cn2c(C(F)(F)F)ccc23)c(F)c1. The van der Waals surface area contributed by atoms with E-state index < -0.39 is 34.5 Å². The van der Waals surface area contributed by atoms with Crippen molar-refractivity contribution in [3.8, 4) is 5.75 Å². The Balaban J connectivity index is 1.60. The average Bonchev–Trinajstić information content (AvgIpc) is 3.03. The van der Waals surface area contributed by atoms with E-state index in [2.05, 4.69) is 5.32 Å². The molecule has 1 aromatic heterocycles. The molecular formula is C26H30F4N2O2. The van der Waals surface area contributed by atoms with E-state index in [-0.39, 0.29) is 18.2 Å². The standard InChI is InChI=1S/C26H30F4N2O2/c1-16(2)34-18-7-8-19(20(27)14-18)23(33)17-6-5-12-25(13-11-17)21-9-10-22(26(28,29)30)32(21)15-24(3,4)31-25/h6-10,14,16,31H,5,11-13,15H2,1-4H3. The molecule has 1 aromatic carbocycles. The molecule has 0 saturated carbocycles. The van der Waals surface area contributed by atoms with Crippen LogP contribution < -0.4 is 10.1 Å². The van der Waals surface area contributed by atoms with Crippen LogP contribution in [-0.4, -0.2) is 22.0 Å². The molecule has 1 unspecified atom stereocenters. The number of ether oxygens (including phenoxy) is 1. The zero-order valence-electron chi connectivity index (χ0n) is 19.9. The molecule has 0 amide bonds. The summed E-state index contributed by atoms with van der Waals surface area (Å²) < 4.78 is 62.5. The largest absolute Gasteiger partial charge is 0.491 e. The summed E-state index contributed by atoms with van der Waals surface area (Å²) in [6, 6.07) is 6.90. The van der Waals surface area contributed by atoms with E-state index in [4.69, 9.17) is 4.74 Å².